The van der Waals surface area contributed by atoms with Gasteiger partial charge in [-0.05, 0) is 44.9 Å². The van der Waals surface area contributed by atoms with Crippen molar-refractivity contribution in [2.45, 2.75) is 38.8 Å². The molecule has 2 fully saturated rings. The molecule has 152 valence electrons. The molecular formula is C20H22N4O3S2. The monoisotopic (exact) mass is 430 g/mol. The molecule has 0 bridgehead atoms. The highest BCUT2D eigenvalue weighted by atomic mass is 32.2. The zero-order valence-electron chi connectivity index (χ0n) is 16.3. The number of nitrogens with one attached hydrogen (secondary N) is 1. The third-order valence-corrected chi connectivity index (χ3v) is 6.13. The fourth-order valence-electron chi connectivity index (χ4n) is 3.40. The number of thioether (sulfide) groups is 1. The van der Waals surface area contributed by atoms with Crippen molar-refractivity contribution in [3.63, 3.8) is 0 Å². The Morgan fingerprint density at radius 1 is 1.41 bits per heavy atom. The molecule has 9 heteroatoms. The quantitative estimate of drug-likeness (QED) is 0.577. The van der Waals surface area contributed by atoms with Crippen LogP contribution in [0.3, 0.4) is 0 Å². The second-order valence-corrected chi connectivity index (χ2v) is 9.01. The van der Waals surface area contributed by atoms with Crippen LogP contribution in [0.4, 0.5) is 5.82 Å². The Balaban J connectivity index is 1.73. The van der Waals surface area contributed by atoms with Crippen molar-refractivity contribution < 1.29 is 9.53 Å². The lowest BCUT2D eigenvalue weighted by molar-refractivity contribution is -0.123. The number of hydrogen-bond acceptors (Lipinski definition) is 7. The minimum absolute atomic E-state index is 0.0166. The maximum Gasteiger partial charge on any atom is 0.267 e. The fraction of sp³-hybridized carbons (Fsp3) is 0.400. The predicted octanol–water partition coefficient (Wildman–Crippen LogP) is 2.90. The van der Waals surface area contributed by atoms with Crippen molar-refractivity contribution in [1.82, 2.24) is 14.3 Å². The molecule has 1 atom stereocenters. The number of carbonyl (C=O) groups excluding carboxylic acids is 1. The number of ether oxygens (including phenoxy) is 1. The summed E-state index contributed by atoms with van der Waals surface area (Å²) in [5.41, 5.74) is 0.659. The topological polar surface area (TPSA) is 75.9 Å². The number of amides is 1. The summed E-state index contributed by atoms with van der Waals surface area (Å²) in [7, 11) is 0. The van der Waals surface area contributed by atoms with E-state index in [1.807, 2.05) is 19.9 Å². The number of hydrogen-bond donors (Lipinski definition) is 1. The van der Waals surface area contributed by atoms with Crippen LogP contribution in [0.25, 0.3) is 11.7 Å². The fourth-order valence-corrected chi connectivity index (χ4v) is 4.65. The van der Waals surface area contributed by atoms with Gasteiger partial charge in [0.25, 0.3) is 11.5 Å². The third kappa shape index (κ3) is 4.08. The van der Waals surface area contributed by atoms with E-state index in [9.17, 15) is 9.59 Å². The maximum atomic E-state index is 13.1. The number of aromatic nitrogens is 2. The van der Waals surface area contributed by atoms with Gasteiger partial charge in [0.2, 0.25) is 0 Å². The van der Waals surface area contributed by atoms with Crippen LogP contribution in [0.5, 0.6) is 0 Å². The molecule has 2 aliphatic rings. The zero-order valence-corrected chi connectivity index (χ0v) is 17.9. The lowest BCUT2D eigenvalue weighted by atomic mass is 10.2. The maximum absolute atomic E-state index is 13.1. The Morgan fingerprint density at radius 3 is 2.97 bits per heavy atom. The zero-order chi connectivity index (χ0) is 20.5. The summed E-state index contributed by atoms with van der Waals surface area (Å²) in [5, 5.41) is 3.22. The lowest BCUT2D eigenvalue weighted by Crippen LogP contribution is -2.35. The number of rotatable bonds is 5. The molecule has 1 N–H and O–H groups in total. The molecule has 4 rings (SSSR count). The highest BCUT2D eigenvalue weighted by molar-refractivity contribution is 8.26. The highest BCUT2D eigenvalue weighted by Crippen LogP contribution is 2.34. The summed E-state index contributed by atoms with van der Waals surface area (Å²) in [4.78, 5) is 32.7. The molecular weight excluding hydrogens is 408 g/mol. The van der Waals surface area contributed by atoms with Gasteiger partial charge in [-0.1, -0.05) is 30.0 Å². The van der Waals surface area contributed by atoms with Crippen LogP contribution in [0.15, 0.2) is 34.1 Å². The number of nitrogens with zero attached hydrogens (tertiary/aromatic N) is 3. The first-order chi connectivity index (χ1) is 13.9. The number of anilines is 1. The molecule has 2 saturated heterocycles. The second-order valence-electron chi connectivity index (χ2n) is 7.33. The average Bonchev–Trinajstić information content (AvgIpc) is 3.28. The van der Waals surface area contributed by atoms with Crippen molar-refractivity contribution in [1.29, 1.82) is 0 Å². The average molecular weight is 431 g/mol. The van der Waals surface area contributed by atoms with Gasteiger partial charge in [-0.15, -0.1) is 0 Å². The minimum atomic E-state index is -0.233. The van der Waals surface area contributed by atoms with Crippen molar-refractivity contribution in [3.8, 4) is 0 Å². The van der Waals surface area contributed by atoms with Crippen LogP contribution in [0, 0.1) is 0 Å². The van der Waals surface area contributed by atoms with Crippen LogP contribution < -0.4 is 10.9 Å². The summed E-state index contributed by atoms with van der Waals surface area (Å²) in [6.45, 7) is 5.12. The summed E-state index contributed by atoms with van der Waals surface area (Å²) in [6, 6.07) is 5.46. The highest BCUT2D eigenvalue weighted by Gasteiger charge is 2.35. The van der Waals surface area contributed by atoms with Gasteiger partial charge in [0.15, 0.2) is 0 Å². The van der Waals surface area contributed by atoms with Gasteiger partial charge >= 0.3 is 0 Å². The number of fused-ring (bicyclic) bond motifs is 1. The van der Waals surface area contributed by atoms with Crippen LogP contribution >= 0.6 is 24.0 Å². The smallest absolute Gasteiger partial charge is 0.267 e. The molecule has 0 aromatic carbocycles. The Kier molecular flexibility index (Phi) is 5.71. The van der Waals surface area contributed by atoms with E-state index in [4.69, 9.17) is 17.0 Å². The number of carbonyl (C=O) groups is 1. The molecule has 1 amide bonds. The molecule has 0 spiro atoms. The third-order valence-electron chi connectivity index (χ3n) is 4.75. The normalized spacial score (nSPS) is 21.1. The minimum Gasteiger partial charge on any atom is -0.376 e. The molecule has 2 aromatic rings. The Morgan fingerprint density at radius 2 is 2.24 bits per heavy atom. The summed E-state index contributed by atoms with van der Waals surface area (Å²) >= 11 is 6.63. The van der Waals surface area contributed by atoms with E-state index in [0.29, 0.717) is 32.8 Å². The van der Waals surface area contributed by atoms with E-state index in [1.54, 1.807) is 29.3 Å². The van der Waals surface area contributed by atoms with Crippen LogP contribution in [0.2, 0.25) is 0 Å². The van der Waals surface area contributed by atoms with Crippen LogP contribution in [-0.2, 0) is 9.53 Å². The van der Waals surface area contributed by atoms with Crippen molar-refractivity contribution >= 4 is 51.7 Å². The molecule has 2 aliphatic heterocycles. The predicted molar refractivity (Wildman–Crippen MR) is 119 cm³/mol. The van der Waals surface area contributed by atoms with E-state index >= 15 is 0 Å². The molecule has 4 heterocycles. The van der Waals surface area contributed by atoms with Gasteiger partial charge in [0.1, 0.15) is 15.8 Å². The first-order valence-electron chi connectivity index (χ1n) is 9.59. The standard InChI is InChI=1S/C20H22N4O3S2/c1-12(2)21-17-14(18(25)23-8-4-3-7-16(23)22-17)10-15-19(26)24(20(28)29-15)11-13-6-5-9-27-13/h3-4,7-8,10,12-13,21H,5-6,9,11H2,1-2H3/b15-10+/t13-/m0/s1. The van der Waals surface area contributed by atoms with Gasteiger partial charge in [-0.3, -0.25) is 18.9 Å². The Labute approximate surface area is 178 Å². The molecule has 7 nitrogen and oxygen atoms in total. The number of thiocarbonyl (C=S) groups is 1. The molecule has 0 unspecified atom stereocenters. The molecule has 0 aliphatic carbocycles. The van der Waals surface area contributed by atoms with Crippen LogP contribution in [-0.4, -0.2) is 49.8 Å². The van der Waals surface area contributed by atoms with Gasteiger partial charge in [0, 0.05) is 18.8 Å². The molecule has 29 heavy (non-hydrogen) atoms. The SMILES string of the molecule is CC(C)Nc1nc2ccccn2c(=O)c1/C=C1/SC(=S)N(C[C@@H]2CCCO2)C1=O. The molecule has 0 radical (unpaired) electrons. The van der Waals surface area contributed by atoms with Crippen molar-refractivity contribution in [2.24, 2.45) is 0 Å². The van der Waals surface area contributed by atoms with Crippen molar-refractivity contribution in [3.05, 3.63) is 45.2 Å². The van der Waals surface area contributed by atoms with E-state index in [-0.39, 0.29) is 23.6 Å². The van der Waals surface area contributed by atoms with Gasteiger partial charge in [-0.2, -0.15) is 0 Å². The summed E-state index contributed by atoms with van der Waals surface area (Å²) in [6.07, 6.45) is 5.22. The summed E-state index contributed by atoms with van der Waals surface area (Å²) < 4.78 is 7.61. The van der Waals surface area contributed by atoms with E-state index in [1.165, 1.54) is 16.2 Å². The Bertz CT molecular complexity index is 1060. The molecule has 2 aromatic heterocycles. The number of pyridine rings is 1. The first kappa shape index (κ1) is 20.1. The van der Waals surface area contributed by atoms with E-state index in [2.05, 4.69) is 10.3 Å². The Hall–Kier alpha value is -2.23. The van der Waals surface area contributed by atoms with Gasteiger partial charge < -0.3 is 10.1 Å². The van der Waals surface area contributed by atoms with E-state index < -0.39 is 0 Å². The van der Waals surface area contributed by atoms with Gasteiger partial charge in [-0.25, -0.2) is 4.98 Å². The largest absolute Gasteiger partial charge is 0.376 e. The molecule has 0 saturated carbocycles. The van der Waals surface area contributed by atoms with Crippen LogP contribution in [0.1, 0.15) is 32.3 Å². The van der Waals surface area contributed by atoms with Gasteiger partial charge in [0.05, 0.1) is 23.1 Å². The lowest BCUT2D eigenvalue weighted by Gasteiger charge is -2.18. The van der Waals surface area contributed by atoms with E-state index in [0.717, 1.165) is 19.4 Å². The first-order valence-corrected chi connectivity index (χ1v) is 10.8. The second kappa shape index (κ2) is 8.25. The van der Waals surface area contributed by atoms with Crippen molar-refractivity contribution in [2.75, 3.05) is 18.5 Å². The summed E-state index contributed by atoms with van der Waals surface area (Å²) in [5.74, 6) is 0.268.